The summed E-state index contributed by atoms with van der Waals surface area (Å²) in [6.07, 6.45) is 8.06. The van der Waals surface area contributed by atoms with Crippen LogP contribution in [0.4, 0.5) is 4.79 Å². The number of carbonyl (C=O) groups excluding carboxylic acids is 1. The molecule has 0 spiro atoms. The van der Waals surface area contributed by atoms with Crippen LogP contribution in [0.5, 0.6) is 17.2 Å². The number of primary amides is 1. The third-order valence-electron chi connectivity index (χ3n) is 5.20. The van der Waals surface area contributed by atoms with Crippen molar-refractivity contribution in [2.75, 3.05) is 20.3 Å². The highest BCUT2D eigenvalue weighted by atomic mass is 79.9. The molecule has 1 saturated carbocycles. The van der Waals surface area contributed by atoms with Crippen molar-refractivity contribution in [3.8, 4) is 17.2 Å². The molecule has 3 rings (SSSR count). The number of ether oxygens (including phenoxy) is 3. The second kappa shape index (κ2) is 11.6. The molecule has 2 aromatic rings. The van der Waals surface area contributed by atoms with E-state index in [1.54, 1.807) is 19.2 Å². The second-order valence-electron chi connectivity index (χ2n) is 7.37. The Morgan fingerprint density at radius 1 is 1.16 bits per heavy atom. The number of nitrogens with two attached hydrogens (primary N) is 1. The van der Waals surface area contributed by atoms with Crippen LogP contribution in [-0.2, 0) is 0 Å². The zero-order chi connectivity index (χ0) is 22.1. The Bertz CT molecular complexity index is 896. The maximum atomic E-state index is 10.7. The van der Waals surface area contributed by atoms with Crippen LogP contribution in [0, 0.1) is 0 Å². The zero-order valence-corrected chi connectivity index (χ0v) is 19.2. The molecule has 166 valence electrons. The van der Waals surface area contributed by atoms with Crippen molar-refractivity contribution in [1.82, 2.24) is 5.43 Å². The average Bonchev–Trinajstić information content (AvgIpc) is 2.78. The van der Waals surface area contributed by atoms with Crippen molar-refractivity contribution in [2.45, 2.75) is 38.0 Å². The minimum absolute atomic E-state index is 0.357. The van der Waals surface area contributed by atoms with Gasteiger partial charge in [0.2, 0.25) is 0 Å². The Balaban J connectivity index is 1.51. The summed E-state index contributed by atoms with van der Waals surface area (Å²) in [4.78, 5) is 10.7. The fraction of sp³-hybridized carbons (Fsp3) is 0.391. The minimum Gasteiger partial charge on any atom is -0.493 e. The maximum Gasteiger partial charge on any atom is 0.332 e. The van der Waals surface area contributed by atoms with Crippen LogP contribution in [0.15, 0.2) is 46.0 Å². The summed E-state index contributed by atoms with van der Waals surface area (Å²) in [5.74, 6) is 2.63. The van der Waals surface area contributed by atoms with Crippen molar-refractivity contribution < 1.29 is 19.0 Å². The van der Waals surface area contributed by atoms with E-state index in [4.69, 9.17) is 19.9 Å². The van der Waals surface area contributed by atoms with Crippen molar-refractivity contribution in [3.63, 3.8) is 0 Å². The van der Waals surface area contributed by atoms with Crippen LogP contribution >= 0.6 is 15.9 Å². The number of urea groups is 1. The van der Waals surface area contributed by atoms with Gasteiger partial charge in [0.05, 0.1) is 17.8 Å². The highest BCUT2D eigenvalue weighted by Gasteiger charge is 2.15. The molecule has 0 radical (unpaired) electrons. The first kappa shape index (κ1) is 22.9. The lowest BCUT2D eigenvalue weighted by Crippen LogP contribution is -2.24. The summed E-state index contributed by atoms with van der Waals surface area (Å²) in [5, 5.41) is 3.75. The lowest BCUT2D eigenvalue weighted by molar-refractivity contribution is 0.210. The average molecular weight is 490 g/mol. The predicted molar refractivity (Wildman–Crippen MR) is 124 cm³/mol. The fourth-order valence-corrected chi connectivity index (χ4v) is 4.27. The monoisotopic (exact) mass is 489 g/mol. The van der Waals surface area contributed by atoms with E-state index >= 15 is 0 Å². The highest BCUT2D eigenvalue weighted by molar-refractivity contribution is 9.10. The molecule has 8 heteroatoms. The molecule has 0 aliphatic heterocycles. The number of halogens is 1. The molecule has 0 bridgehead atoms. The third-order valence-corrected chi connectivity index (χ3v) is 5.78. The molecule has 7 nitrogen and oxygen atoms in total. The number of nitrogens with one attached hydrogen (secondary N) is 1. The molecule has 1 aliphatic carbocycles. The van der Waals surface area contributed by atoms with Gasteiger partial charge in [0.25, 0.3) is 0 Å². The van der Waals surface area contributed by atoms with Crippen LogP contribution in [0.1, 0.15) is 49.1 Å². The van der Waals surface area contributed by atoms with Crippen molar-refractivity contribution >= 4 is 28.2 Å². The van der Waals surface area contributed by atoms with Crippen molar-refractivity contribution in [2.24, 2.45) is 10.8 Å². The highest BCUT2D eigenvalue weighted by Crippen LogP contribution is 2.36. The Kier molecular flexibility index (Phi) is 8.58. The van der Waals surface area contributed by atoms with E-state index < -0.39 is 6.03 Å². The van der Waals surface area contributed by atoms with Gasteiger partial charge in [-0.25, -0.2) is 10.2 Å². The van der Waals surface area contributed by atoms with Gasteiger partial charge >= 0.3 is 6.03 Å². The maximum absolute atomic E-state index is 10.7. The molecular weight excluding hydrogens is 462 g/mol. The Labute approximate surface area is 191 Å². The number of hydrogen-bond donors (Lipinski definition) is 2. The number of carbonyl (C=O) groups is 1. The third kappa shape index (κ3) is 6.89. The molecule has 0 saturated heterocycles. The zero-order valence-electron chi connectivity index (χ0n) is 17.6. The van der Waals surface area contributed by atoms with Gasteiger partial charge in [0.1, 0.15) is 19.0 Å². The molecule has 0 aromatic heterocycles. The number of hydrazone groups is 1. The van der Waals surface area contributed by atoms with E-state index in [0.717, 1.165) is 5.75 Å². The first-order valence-corrected chi connectivity index (χ1v) is 11.2. The Morgan fingerprint density at radius 2 is 1.87 bits per heavy atom. The van der Waals surface area contributed by atoms with Crippen molar-refractivity contribution in [3.05, 3.63) is 52.0 Å². The van der Waals surface area contributed by atoms with E-state index in [0.29, 0.717) is 40.7 Å². The normalized spacial score (nSPS) is 14.4. The van der Waals surface area contributed by atoms with Gasteiger partial charge < -0.3 is 19.9 Å². The summed E-state index contributed by atoms with van der Waals surface area (Å²) >= 11 is 3.48. The Morgan fingerprint density at radius 3 is 2.55 bits per heavy atom. The second-order valence-corrected chi connectivity index (χ2v) is 8.22. The minimum atomic E-state index is -0.731. The van der Waals surface area contributed by atoms with Gasteiger partial charge in [-0.15, -0.1) is 0 Å². The van der Waals surface area contributed by atoms with Gasteiger partial charge in [-0.2, -0.15) is 5.10 Å². The molecule has 3 N–H and O–H groups in total. The molecule has 1 aliphatic rings. The van der Waals surface area contributed by atoms with E-state index in [1.165, 1.54) is 43.9 Å². The van der Waals surface area contributed by atoms with Crippen LogP contribution in [0.2, 0.25) is 0 Å². The van der Waals surface area contributed by atoms with E-state index in [9.17, 15) is 4.79 Å². The number of amides is 2. The van der Waals surface area contributed by atoms with Gasteiger partial charge in [-0.1, -0.05) is 31.4 Å². The lowest BCUT2D eigenvalue weighted by Gasteiger charge is -2.22. The van der Waals surface area contributed by atoms with Crippen LogP contribution < -0.4 is 25.4 Å². The SMILES string of the molecule is COc1cc(C=NNC(N)=O)cc(Br)c1OCCOc1ccc(C2CCCCC2)cc1. The first-order valence-electron chi connectivity index (χ1n) is 10.4. The summed E-state index contributed by atoms with van der Waals surface area (Å²) in [6, 6.07) is 11.2. The standard InChI is InChI=1S/C23H28BrN3O4/c1-29-21-14-16(15-26-27-23(25)28)13-20(24)22(21)31-12-11-30-19-9-7-18(8-10-19)17-5-3-2-4-6-17/h7-10,13-15,17H,2-6,11-12H2,1H3,(H3,25,27,28). The van der Waals surface area contributed by atoms with E-state index in [2.05, 4.69) is 38.6 Å². The number of rotatable bonds is 9. The number of methoxy groups -OCH3 is 1. The predicted octanol–water partition coefficient (Wildman–Crippen LogP) is 4.97. The molecule has 2 aromatic carbocycles. The van der Waals surface area contributed by atoms with Gasteiger partial charge in [0.15, 0.2) is 11.5 Å². The Hall–Kier alpha value is -2.74. The van der Waals surface area contributed by atoms with Crippen LogP contribution in [0.3, 0.4) is 0 Å². The summed E-state index contributed by atoms with van der Waals surface area (Å²) < 4.78 is 17.8. The largest absolute Gasteiger partial charge is 0.493 e. The van der Waals surface area contributed by atoms with Gasteiger partial charge in [0, 0.05) is 0 Å². The summed E-state index contributed by atoms with van der Waals surface area (Å²) in [7, 11) is 1.56. The fourth-order valence-electron chi connectivity index (χ4n) is 3.70. The van der Waals surface area contributed by atoms with Gasteiger partial charge in [-0.3, -0.25) is 0 Å². The number of nitrogens with zero attached hydrogens (tertiary/aromatic N) is 1. The molecule has 1 fully saturated rings. The van der Waals surface area contributed by atoms with Crippen molar-refractivity contribution in [1.29, 1.82) is 0 Å². The first-order chi connectivity index (χ1) is 15.1. The lowest BCUT2D eigenvalue weighted by atomic mass is 9.84. The molecule has 0 unspecified atom stereocenters. The van der Waals surface area contributed by atoms with E-state index in [1.807, 2.05) is 12.1 Å². The van der Waals surface area contributed by atoms with E-state index in [-0.39, 0.29) is 0 Å². The topological polar surface area (TPSA) is 95.2 Å². The molecular formula is C23H28BrN3O4. The molecule has 0 atom stereocenters. The molecule has 31 heavy (non-hydrogen) atoms. The quantitative estimate of drug-likeness (QED) is 0.295. The molecule has 0 heterocycles. The molecule has 2 amide bonds. The number of hydrogen-bond acceptors (Lipinski definition) is 5. The summed E-state index contributed by atoms with van der Waals surface area (Å²) in [5.41, 5.74) is 9.25. The summed E-state index contributed by atoms with van der Waals surface area (Å²) in [6.45, 7) is 0.764. The van der Waals surface area contributed by atoms with Crippen LogP contribution in [0.25, 0.3) is 0 Å². The van der Waals surface area contributed by atoms with Gasteiger partial charge in [-0.05, 0) is 70.1 Å². The number of benzene rings is 2. The van der Waals surface area contributed by atoms with Crippen LogP contribution in [-0.4, -0.2) is 32.6 Å². The smallest absolute Gasteiger partial charge is 0.332 e.